The van der Waals surface area contributed by atoms with Gasteiger partial charge in [-0.3, -0.25) is 4.90 Å². The topological polar surface area (TPSA) is 53.7 Å². The molecule has 0 saturated carbocycles. The van der Waals surface area contributed by atoms with E-state index in [0.717, 1.165) is 37.7 Å². The van der Waals surface area contributed by atoms with Crippen LogP contribution in [0.15, 0.2) is 18.2 Å². The zero-order valence-corrected chi connectivity index (χ0v) is 15.0. The normalized spacial score (nSPS) is 15.5. The van der Waals surface area contributed by atoms with Gasteiger partial charge in [-0.1, -0.05) is 0 Å². The molecule has 0 aliphatic carbocycles. The highest BCUT2D eigenvalue weighted by Gasteiger charge is 2.16. The van der Waals surface area contributed by atoms with Crippen molar-refractivity contribution >= 4 is 12.2 Å². The first-order valence-corrected chi connectivity index (χ1v) is 8.21. The Kier molecular flexibility index (Phi) is 5.17. The number of hydrogen-bond donors (Lipinski definition) is 0. The fourth-order valence-corrected chi connectivity index (χ4v) is 2.92. The summed E-state index contributed by atoms with van der Waals surface area (Å²) in [5.41, 5.74) is 0.932. The third-order valence-electron chi connectivity index (χ3n) is 4.12. The summed E-state index contributed by atoms with van der Waals surface area (Å²) in [4.78, 5) is 2.28. The van der Waals surface area contributed by atoms with Crippen LogP contribution in [0.2, 0.25) is 0 Å². The van der Waals surface area contributed by atoms with Gasteiger partial charge in [0.15, 0.2) is 22.1 Å². The third kappa shape index (κ3) is 3.31. The molecule has 2 heterocycles. The minimum absolute atomic E-state index is 0.670. The van der Waals surface area contributed by atoms with Crippen LogP contribution >= 0.6 is 12.2 Å². The van der Waals surface area contributed by atoms with Crippen LogP contribution in [0.4, 0.5) is 0 Å². The van der Waals surface area contributed by atoms with Crippen LogP contribution in [-0.4, -0.2) is 59.8 Å². The quantitative estimate of drug-likeness (QED) is 0.768. The first-order valence-electron chi connectivity index (χ1n) is 7.80. The lowest BCUT2D eigenvalue weighted by atomic mass is 10.2. The molecule has 0 N–H and O–H groups in total. The molecule has 0 spiro atoms. The molecule has 0 bridgehead atoms. The lowest BCUT2D eigenvalue weighted by Crippen LogP contribution is -2.37. The Balaban J connectivity index is 1.91. The second kappa shape index (κ2) is 7.33. The van der Waals surface area contributed by atoms with Crippen molar-refractivity contribution in [2.75, 3.05) is 40.5 Å². The van der Waals surface area contributed by atoms with Crippen molar-refractivity contribution < 1.29 is 14.2 Å². The van der Waals surface area contributed by atoms with Gasteiger partial charge < -0.3 is 18.8 Å². The standard InChI is InChI=1S/C16H22N4O3S/c1-18-15(12-4-5-13(21-2)14(10-12)22-3)17-20(16(18)24)11-19-6-8-23-9-7-19/h4-5,10H,6-9,11H2,1-3H3. The average molecular weight is 350 g/mol. The Bertz CT molecular complexity index is 765. The van der Waals surface area contributed by atoms with Gasteiger partial charge in [0.05, 0.1) is 34.1 Å². The maximum atomic E-state index is 5.54. The number of nitrogens with zero attached hydrogens (tertiary/aromatic N) is 4. The summed E-state index contributed by atoms with van der Waals surface area (Å²) in [6.07, 6.45) is 0. The molecular weight excluding hydrogens is 328 g/mol. The molecule has 1 saturated heterocycles. The van der Waals surface area contributed by atoms with Crippen LogP contribution in [0.3, 0.4) is 0 Å². The number of aromatic nitrogens is 3. The predicted molar refractivity (Wildman–Crippen MR) is 93.0 cm³/mol. The largest absolute Gasteiger partial charge is 0.493 e. The van der Waals surface area contributed by atoms with E-state index in [1.807, 2.05) is 34.5 Å². The number of rotatable bonds is 5. The van der Waals surface area contributed by atoms with E-state index in [-0.39, 0.29) is 0 Å². The van der Waals surface area contributed by atoms with E-state index < -0.39 is 0 Å². The molecule has 1 aromatic heterocycles. The molecule has 130 valence electrons. The molecule has 8 heteroatoms. The summed E-state index contributed by atoms with van der Waals surface area (Å²) in [6, 6.07) is 5.74. The summed E-state index contributed by atoms with van der Waals surface area (Å²) in [5, 5.41) is 4.70. The van der Waals surface area contributed by atoms with Gasteiger partial charge in [0.1, 0.15) is 0 Å². The van der Waals surface area contributed by atoms with Gasteiger partial charge in [-0.05, 0) is 30.4 Å². The highest BCUT2D eigenvalue weighted by atomic mass is 32.1. The summed E-state index contributed by atoms with van der Waals surface area (Å²) in [7, 11) is 5.17. The number of ether oxygens (including phenoxy) is 3. The summed E-state index contributed by atoms with van der Waals surface area (Å²) < 4.78 is 20.5. The van der Waals surface area contributed by atoms with Gasteiger partial charge in [-0.15, -0.1) is 0 Å². The number of hydrogen-bond acceptors (Lipinski definition) is 6. The van der Waals surface area contributed by atoms with Gasteiger partial charge in [0.2, 0.25) is 0 Å². The molecule has 0 unspecified atom stereocenters. The Morgan fingerprint density at radius 3 is 2.54 bits per heavy atom. The van der Waals surface area contributed by atoms with E-state index in [0.29, 0.717) is 22.9 Å². The molecule has 0 amide bonds. The van der Waals surface area contributed by atoms with Crippen molar-refractivity contribution in [2.45, 2.75) is 6.67 Å². The van der Waals surface area contributed by atoms with Gasteiger partial charge in [0, 0.05) is 25.7 Å². The van der Waals surface area contributed by atoms with Gasteiger partial charge >= 0.3 is 0 Å². The highest BCUT2D eigenvalue weighted by Crippen LogP contribution is 2.31. The fraction of sp³-hybridized carbons (Fsp3) is 0.500. The van der Waals surface area contributed by atoms with Crippen LogP contribution in [0.25, 0.3) is 11.4 Å². The molecule has 1 aliphatic rings. The maximum absolute atomic E-state index is 5.54. The zero-order valence-electron chi connectivity index (χ0n) is 14.2. The molecule has 3 rings (SSSR count). The van der Waals surface area contributed by atoms with Crippen LogP contribution in [0.5, 0.6) is 11.5 Å². The summed E-state index contributed by atoms with van der Waals surface area (Å²) in [6.45, 7) is 3.96. The van der Waals surface area contributed by atoms with Crippen LogP contribution < -0.4 is 9.47 Å². The second-order valence-electron chi connectivity index (χ2n) is 5.61. The number of methoxy groups -OCH3 is 2. The van der Waals surface area contributed by atoms with Crippen molar-refractivity contribution in [1.29, 1.82) is 0 Å². The van der Waals surface area contributed by atoms with E-state index in [4.69, 9.17) is 31.5 Å². The van der Waals surface area contributed by atoms with Crippen molar-refractivity contribution in [3.05, 3.63) is 23.0 Å². The predicted octanol–water partition coefficient (Wildman–Crippen LogP) is 1.92. The van der Waals surface area contributed by atoms with E-state index >= 15 is 0 Å². The summed E-state index contributed by atoms with van der Waals surface area (Å²) in [5.74, 6) is 2.16. The SMILES string of the molecule is COc1ccc(-c2nn(CN3CCOCC3)c(=S)n2C)cc1OC. The minimum Gasteiger partial charge on any atom is -0.493 e. The monoisotopic (exact) mass is 350 g/mol. The molecule has 1 fully saturated rings. The van der Waals surface area contributed by atoms with Crippen LogP contribution in [0.1, 0.15) is 0 Å². The van der Waals surface area contributed by atoms with E-state index in [1.54, 1.807) is 14.2 Å². The molecule has 7 nitrogen and oxygen atoms in total. The molecule has 24 heavy (non-hydrogen) atoms. The van der Waals surface area contributed by atoms with E-state index in [2.05, 4.69) is 4.90 Å². The van der Waals surface area contributed by atoms with Crippen molar-refractivity contribution in [2.24, 2.45) is 7.05 Å². The lowest BCUT2D eigenvalue weighted by molar-refractivity contribution is 0.0210. The molecular formula is C16H22N4O3S. The summed E-state index contributed by atoms with van der Waals surface area (Å²) >= 11 is 5.54. The van der Waals surface area contributed by atoms with E-state index in [1.165, 1.54) is 0 Å². The van der Waals surface area contributed by atoms with Crippen molar-refractivity contribution in [3.63, 3.8) is 0 Å². The van der Waals surface area contributed by atoms with Crippen LogP contribution in [0, 0.1) is 4.77 Å². The Morgan fingerprint density at radius 2 is 1.88 bits per heavy atom. The molecule has 0 radical (unpaired) electrons. The van der Waals surface area contributed by atoms with Crippen LogP contribution in [-0.2, 0) is 18.5 Å². The van der Waals surface area contributed by atoms with E-state index in [9.17, 15) is 0 Å². The Labute approximate surface area is 146 Å². The molecule has 1 aromatic carbocycles. The lowest BCUT2D eigenvalue weighted by Gasteiger charge is -2.26. The van der Waals surface area contributed by atoms with Crippen molar-refractivity contribution in [1.82, 2.24) is 19.2 Å². The maximum Gasteiger partial charge on any atom is 0.199 e. The first kappa shape index (κ1) is 16.9. The number of benzene rings is 1. The molecule has 2 aromatic rings. The second-order valence-corrected chi connectivity index (χ2v) is 5.97. The Hall–Kier alpha value is -1.90. The molecule has 1 aliphatic heterocycles. The Morgan fingerprint density at radius 1 is 1.17 bits per heavy atom. The highest BCUT2D eigenvalue weighted by molar-refractivity contribution is 7.71. The number of morpholine rings is 1. The minimum atomic E-state index is 0.670. The van der Waals surface area contributed by atoms with Gasteiger partial charge in [-0.25, -0.2) is 4.68 Å². The van der Waals surface area contributed by atoms with Gasteiger partial charge in [0.25, 0.3) is 0 Å². The zero-order chi connectivity index (χ0) is 17.1. The average Bonchev–Trinajstić information content (AvgIpc) is 2.90. The van der Waals surface area contributed by atoms with Gasteiger partial charge in [-0.2, -0.15) is 5.10 Å². The third-order valence-corrected chi connectivity index (χ3v) is 4.60. The smallest absolute Gasteiger partial charge is 0.199 e. The van der Waals surface area contributed by atoms with Crippen molar-refractivity contribution in [3.8, 4) is 22.9 Å². The fourth-order valence-electron chi connectivity index (χ4n) is 2.74. The molecule has 0 atom stereocenters. The first-order chi connectivity index (χ1) is 11.6.